The molecule has 1 fully saturated rings. The van der Waals surface area contributed by atoms with Crippen molar-refractivity contribution < 1.29 is 4.79 Å². The molecule has 4 nitrogen and oxygen atoms in total. The predicted octanol–water partition coefficient (Wildman–Crippen LogP) is 3.79. The van der Waals surface area contributed by atoms with Crippen molar-refractivity contribution in [3.05, 3.63) is 41.0 Å². The monoisotopic (exact) mass is 303 g/mol. The standard InChI is InChI=1S/C16H18ClN3O/c17-12-8-6-11(7-9-12)15-14(10-18-20-15)16(21)19-13-4-2-1-3-5-13/h6-10,13H,1-5H2,(H,18,20)(H,19,21). The van der Waals surface area contributed by atoms with Gasteiger partial charge in [-0.2, -0.15) is 5.10 Å². The number of amides is 1. The van der Waals surface area contributed by atoms with Crippen LogP contribution in [0.4, 0.5) is 0 Å². The molecule has 1 aliphatic carbocycles. The number of nitrogens with one attached hydrogen (secondary N) is 2. The maximum absolute atomic E-state index is 12.4. The number of hydrogen-bond acceptors (Lipinski definition) is 2. The summed E-state index contributed by atoms with van der Waals surface area (Å²) in [7, 11) is 0. The Morgan fingerprint density at radius 1 is 1.19 bits per heavy atom. The molecule has 0 atom stereocenters. The molecule has 1 heterocycles. The number of halogens is 1. The number of carbonyl (C=O) groups excluding carboxylic acids is 1. The van der Waals surface area contributed by atoms with Crippen LogP contribution < -0.4 is 5.32 Å². The van der Waals surface area contributed by atoms with Crippen LogP contribution in [0.5, 0.6) is 0 Å². The lowest BCUT2D eigenvalue weighted by Crippen LogP contribution is -2.36. The molecule has 0 saturated heterocycles. The number of benzene rings is 1. The largest absolute Gasteiger partial charge is 0.349 e. The van der Waals surface area contributed by atoms with Crippen LogP contribution >= 0.6 is 11.6 Å². The van der Waals surface area contributed by atoms with Gasteiger partial charge in [0.05, 0.1) is 17.5 Å². The molecule has 0 aliphatic heterocycles. The predicted molar refractivity (Wildman–Crippen MR) is 83.4 cm³/mol. The van der Waals surface area contributed by atoms with Gasteiger partial charge in [0.25, 0.3) is 5.91 Å². The maximum Gasteiger partial charge on any atom is 0.255 e. The first-order valence-corrected chi connectivity index (χ1v) is 7.72. The fourth-order valence-electron chi connectivity index (χ4n) is 2.80. The molecular formula is C16H18ClN3O. The first-order chi connectivity index (χ1) is 10.2. The lowest BCUT2D eigenvalue weighted by molar-refractivity contribution is 0.0928. The van der Waals surface area contributed by atoms with E-state index in [-0.39, 0.29) is 5.91 Å². The summed E-state index contributed by atoms with van der Waals surface area (Å²) in [6.45, 7) is 0. The normalized spacial score (nSPS) is 15.9. The molecule has 1 saturated carbocycles. The van der Waals surface area contributed by atoms with Crippen molar-refractivity contribution >= 4 is 17.5 Å². The van der Waals surface area contributed by atoms with Crippen LogP contribution in [-0.2, 0) is 0 Å². The highest BCUT2D eigenvalue weighted by Gasteiger charge is 2.20. The van der Waals surface area contributed by atoms with Crippen LogP contribution in [0, 0.1) is 0 Å². The molecule has 0 unspecified atom stereocenters. The molecule has 1 aliphatic rings. The van der Waals surface area contributed by atoms with Gasteiger partial charge in [0.1, 0.15) is 0 Å². The Bertz CT molecular complexity index is 615. The van der Waals surface area contributed by atoms with Crippen LogP contribution in [0.1, 0.15) is 42.5 Å². The third-order valence-corrected chi connectivity index (χ3v) is 4.21. The fraction of sp³-hybridized carbons (Fsp3) is 0.375. The van der Waals surface area contributed by atoms with E-state index >= 15 is 0 Å². The van der Waals surface area contributed by atoms with Crippen LogP contribution in [0.2, 0.25) is 5.02 Å². The van der Waals surface area contributed by atoms with Crippen molar-refractivity contribution in [2.75, 3.05) is 0 Å². The van der Waals surface area contributed by atoms with Gasteiger partial charge < -0.3 is 5.32 Å². The third kappa shape index (κ3) is 3.27. The maximum atomic E-state index is 12.4. The van der Waals surface area contributed by atoms with E-state index in [1.165, 1.54) is 19.3 Å². The fourth-order valence-corrected chi connectivity index (χ4v) is 2.93. The van der Waals surface area contributed by atoms with Gasteiger partial charge in [0, 0.05) is 16.6 Å². The Labute approximate surface area is 128 Å². The zero-order valence-electron chi connectivity index (χ0n) is 11.7. The second-order valence-electron chi connectivity index (χ2n) is 5.47. The van der Waals surface area contributed by atoms with Gasteiger partial charge in [-0.15, -0.1) is 0 Å². The summed E-state index contributed by atoms with van der Waals surface area (Å²) in [4.78, 5) is 12.4. The van der Waals surface area contributed by atoms with E-state index in [0.717, 1.165) is 24.1 Å². The number of nitrogens with zero attached hydrogens (tertiary/aromatic N) is 1. The minimum absolute atomic E-state index is 0.0550. The molecule has 2 aromatic rings. The summed E-state index contributed by atoms with van der Waals surface area (Å²) in [6.07, 6.45) is 7.39. The number of aromatic amines is 1. The summed E-state index contributed by atoms with van der Waals surface area (Å²) >= 11 is 5.90. The zero-order valence-corrected chi connectivity index (χ0v) is 12.5. The molecule has 0 bridgehead atoms. The molecule has 1 aromatic heterocycles. The highest BCUT2D eigenvalue weighted by Crippen LogP contribution is 2.24. The van der Waals surface area contributed by atoms with E-state index in [9.17, 15) is 4.79 Å². The van der Waals surface area contributed by atoms with Crippen molar-refractivity contribution in [3.8, 4) is 11.3 Å². The van der Waals surface area contributed by atoms with Crippen LogP contribution in [0.15, 0.2) is 30.5 Å². The molecule has 2 N–H and O–H groups in total. The molecule has 110 valence electrons. The topological polar surface area (TPSA) is 57.8 Å². The highest BCUT2D eigenvalue weighted by molar-refractivity contribution is 6.30. The highest BCUT2D eigenvalue weighted by atomic mass is 35.5. The Balaban J connectivity index is 1.78. The van der Waals surface area contributed by atoms with Gasteiger partial charge in [0.15, 0.2) is 0 Å². The summed E-state index contributed by atoms with van der Waals surface area (Å²) in [5.41, 5.74) is 2.23. The van der Waals surface area contributed by atoms with E-state index in [4.69, 9.17) is 11.6 Å². The van der Waals surface area contributed by atoms with Gasteiger partial charge in [-0.25, -0.2) is 0 Å². The van der Waals surface area contributed by atoms with Crippen LogP contribution in [0.3, 0.4) is 0 Å². The van der Waals surface area contributed by atoms with E-state index in [1.54, 1.807) is 18.3 Å². The summed E-state index contributed by atoms with van der Waals surface area (Å²) in [5.74, 6) is -0.0550. The van der Waals surface area contributed by atoms with Crippen molar-refractivity contribution in [1.29, 1.82) is 0 Å². The molecule has 21 heavy (non-hydrogen) atoms. The SMILES string of the molecule is O=C(NC1CCCCC1)c1cn[nH]c1-c1ccc(Cl)cc1. The number of carbonyl (C=O) groups is 1. The van der Waals surface area contributed by atoms with Crippen molar-refractivity contribution in [2.24, 2.45) is 0 Å². The van der Waals surface area contributed by atoms with E-state index in [2.05, 4.69) is 15.5 Å². The average Bonchev–Trinajstić information content (AvgIpc) is 2.98. The average molecular weight is 304 g/mol. The number of aromatic nitrogens is 2. The number of H-pyrrole nitrogens is 1. The van der Waals surface area contributed by atoms with Gasteiger partial charge in [-0.3, -0.25) is 9.89 Å². The first-order valence-electron chi connectivity index (χ1n) is 7.34. The quantitative estimate of drug-likeness (QED) is 0.906. The second kappa shape index (κ2) is 6.31. The molecule has 0 radical (unpaired) electrons. The molecule has 0 spiro atoms. The van der Waals surface area contributed by atoms with Crippen LogP contribution in [-0.4, -0.2) is 22.1 Å². The molecule has 1 amide bonds. The first kappa shape index (κ1) is 14.1. The van der Waals surface area contributed by atoms with Crippen molar-refractivity contribution in [3.63, 3.8) is 0 Å². The van der Waals surface area contributed by atoms with Gasteiger partial charge in [-0.1, -0.05) is 43.0 Å². The van der Waals surface area contributed by atoms with Crippen molar-refractivity contribution in [2.45, 2.75) is 38.1 Å². The molecular weight excluding hydrogens is 286 g/mol. The molecule has 1 aromatic carbocycles. The Morgan fingerprint density at radius 2 is 1.90 bits per heavy atom. The minimum Gasteiger partial charge on any atom is -0.349 e. The van der Waals surface area contributed by atoms with Crippen molar-refractivity contribution in [1.82, 2.24) is 15.5 Å². The lowest BCUT2D eigenvalue weighted by atomic mass is 9.95. The lowest BCUT2D eigenvalue weighted by Gasteiger charge is -2.22. The Morgan fingerprint density at radius 3 is 2.62 bits per heavy atom. The second-order valence-corrected chi connectivity index (χ2v) is 5.91. The number of hydrogen-bond donors (Lipinski definition) is 2. The summed E-state index contributed by atoms with van der Waals surface area (Å²) in [5, 5.41) is 10.7. The smallest absolute Gasteiger partial charge is 0.255 e. The van der Waals surface area contributed by atoms with Gasteiger partial charge >= 0.3 is 0 Å². The Kier molecular flexibility index (Phi) is 4.25. The van der Waals surface area contributed by atoms with Gasteiger partial charge in [-0.05, 0) is 25.0 Å². The van der Waals surface area contributed by atoms with Crippen LogP contribution in [0.25, 0.3) is 11.3 Å². The Hall–Kier alpha value is -1.81. The minimum atomic E-state index is -0.0550. The van der Waals surface area contributed by atoms with E-state index in [0.29, 0.717) is 16.6 Å². The summed E-state index contributed by atoms with van der Waals surface area (Å²) in [6, 6.07) is 7.67. The van der Waals surface area contributed by atoms with E-state index in [1.807, 2.05) is 12.1 Å². The third-order valence-electron chi connectivity index (χ3n) is 3.96. The molecule has 3 rings (SSSR count). The van der Waals surface area contributed by atoms with E-state index < -0.39 is 0 Å². The van der Waals surface area contributed by atoms with Gasteiger partial charge in [0.2, 0.25) is 0 Å². The number of rotatable bonds is 3. The molecule has 5 heteroatoms. The summed E-state index contributed by atoms with van der Waals surface area (Å²) < 4.78 is 0. The zero-order chi connectivity index (χ0) is 14.7.